The third kappa shape index (κ3) is 4.99. The predicted molar refractivity (Wildman–Crippen MR) is 106 cm³/mol. The Morgan fingerprint density at radius 2 is 1.85 bits per heavy atom. The summed E-state index contributed by atoms with van der Waals surface area (Å²) in [7, 11) is 0. The third-order valence-corrected chi connectivity index (χ3v) is 5.16. The molecule has 0 spiro atoms. The number of rotatable bonds is 6. The van der Waals surface area contributed by atoms with E-state index in [0.29, 0.717) is 29.6 Å². The van der Waals surface area contributed by atoms with Gasteiger partial charge in [0.15, 0.2) is 0 Å². The Bertz CT molecular complexity index is 659. The maximum atomic E-state index is 12.8. The van der Waals surface area contributed by atoms with Gasteiger partial charge in [0.05, 0.1) is 5.56 Å². The molecule has 26 heavy (non-hydrogen) atoms. The molecule has 2 aliphatic rings. The molecule has 0 unspecified atom stereocenters. The summed E-state index contributed by atoms with van der Waals surface area (Å²) in [4.78, 5) is 27.2. The van der Waals surface area contributed by atoms with Crippen LogP contribution in [0.15, 0.2) is 18.2 Å². The van der Waals surface area contributed by atoms with Crippen LogP contribution in [0.25, 0.3) is 0 Å². The Hall–Kier alpha value is -2.04. The summed E-state index contributed by atoms with van der Waals surface area (Å²) in [6.07, 6.45) is 4.91. The smallest absolute Gasteiger partial charge is 0.253 e. The molecular weight excluding hydrogens is 326 g/mol. The summed E-state index contributed by atoms with van der Waals surface area (Å²) >= 11 is 0. The van der Waals surface area contributed by atoms with Gasteiger partial charge < -0.3 is 15.5 Å². The Morgan fingerprint density at radius 3 is 2.46 bits per heavy atom. The van der Waals surface area contributed by atoms with Crippen LogP contribution in [0.2, 0.25) is 0 Å². The minimum absolute atomic E-state index is 0.00639. The van der Waals surface area contributed by atoms with Gasteiger partial charge in [-0.05, 0) is 55.7 Å². The van der Waals surface area contributed by atoms with Gasteiger partial charge in [-0.1, -0.05) is 20.8 Å². The average Bonchev–Trinajstić information content (AvgIpc) is 3.39. The van der Waals surface area contributed by atoms with Crippen LogP contribution in [0.3, 0.4) is 0 Å². The van der Waals surface area contributed by atoms with Crippen molar-refractivity contribution >= 4 is 23.2 Å². The maximum Gasteiger partial charge on any atom is 0.253 e. The van der Waals surface area contributed by atoms with Crippen LogP contribution >= 0.6 is 0 Å². The van der Waals surface area contributed by atoms with Gasteiger partial charge in [0.25, 0.3) is 5.91 Å². The minimum atomic E-state index is -0.0268. The molecule has 5 nitrogen and oxygen atoms in total. The van der Waals surface area contributed by atoms with Crippen molar-refractivity contribution in [1.82, 2.24) is 5.32 Å². The van der Waals surface area contributed by atoms with E-state index >= 15 is 0 Å². The normalized spacial score (nSPS) is 18.1. The van der Waals surface area contributed by atoms with E-state index < -0.39 is 0 Å². The summed E-state index contributed by atoms with van der Waals surface area (Å²) in [5.41, 5.74) is 2.36. The van der Waals surface area contributed by atoms with Crippen molar-refractivity contribution in [1.29, 1.82) is 0 Å². The molecule has 1 aliphatic heterocycles. The van der Waals surface area contributed by atoms with Crippen LogP contribution in [0, 0.1) is 11.8 Å². The largest absolute Gasteiger partial charge is 0.371 e. The first kappa shape index (κ1) is 18.7. The fraction of sp³-hybridized carbons (Fsp3) is 0.619. The summed E-state index contributed by atoms with van der Waals surface area (Å²) in [5.74, 6) is 1.01. The maximum absolute atomic E-state index is 12.8. The molecule has 2 fully saturated rings. The fourth-order valence-electron chi connectivity index (χ4n) is 3.39. The van der Waals surface area contributed by atoms with Crippen LogP contribution in [0.5, 0.6) is 0 Å². The van der Waals surface area contributed by atoms with Gasteiger partial charge in [-0.3, -0.25) is 9.59 Å². The molecule has 5 heteroatoms. The molecule has 0 aromatic heterocycles. The summed E-state index contributed by atoms with van der Waals surface area (Å²) in [6, 6.07) is 6.06. The number of hydrogen-bond donors (Lipinski definition) is 2. The molecule has 1 aliphatic carbocycles. The van der Waals surface area contributed by atoms with Gasteiger partial charge in [-0.25, -0.2) is 0 Å². The van der Waals surface area contributed by atoms with E-state index in [0.717, 1.165) is 50.4 Å². The molecule has 2 amide bonds. The molecular formula is C21H31N3O2. The zero-order valence-corrected chi connectivity index (χ0v) is 16.2. The topological polar surface area (TPSA) is 61.4 Å². The average molecular weight is 357 g/mol. The molecule has 0 radical (unpaired) electrons. The van der Waals surface area contributed by atoms with E-state index in [-0.39, 0.29) is 11.8 Å². The highest BCUT2D eigenvalue weighted by Gasteiger charge is 2.27. The van der Waals surface area contributed by atoms with Gasteiger partial charge in [0, 0.05) is 36.9 Å². The number of benzene rings is 1. The SMILES string of the molecule is CC(C)CC(=O)Nc1ccc(N2CCC(C)CC2)c(C(=O)NC2CC2)c1. The van der Waals surface area contributed by atoms with Crippen LogP contribution < -0.4 is 15.5 Å². The number of anilines is 2. The first-order valence-corrected chi connectivity index (χ1v) is 9.92. The lowest BCUT2D eigenvalue weighted by Crippen LogP contribution is -2.35. The monoisotopic (exact) mass is 357 g/mol. The van der Waals surface area contributed by atoms with Crippen LogP contribution in [-0.4, -0.2) is 30.9 Å². The number of piperidine rings is 1. The van der Waals surface area contributed by atoms with E-state index in [1.54, 1.807) is 0 Å². The molecule has 1 saturated heterocycles. The van der Waals surface area contributed by atoms with Crippen LogP contribution in [-0.2, 0) is 4.79 Å². The third-order valence-electron chi connectivity index (χ3n) is 5.16. The zero-order chi connectivity index (χ0) is 18.7. The second-order valence-corrected chi connectivity index (χ2v) is 8.30. The second kappa shape index (κ2) is 8.11. The first-order chi connectivity index (χ1) is 12.4. The van der Waals surface area contributed by atoms with Gasteiger partial charge in [0.2, 0.25) is 5.91 Å². The summed E-state index contributed by atoms with van der Waals surface area (Å²) in [6.45, 7) is 8.28. The molecule has 1 aromatic rings. The van der Waals surface area contributed by atoms with Crippen molar-refractivity contribution in [3.05, 3.63) is 23.8 Å². The lowest BCUT2D eigenvalue weighted by molar-refractivity contribution is -0.116. The van der Waals surface area contributed by atoms with E-state index in [9.17, 15) is 9.59 Å². The minimum Gasteiger partial charge on any atom is -0.371 e. The number of amides is 2. The lowest BCUT2D eigenvalue weighted by Gasteiger charge is -2.33. The zero-order valence-electron chi connectivity index (χ0n) is 16.2. The van der Waals surface area contributed by atoms with E-state index in [1.165, 1.54) is 0 Å². The molecule has 142 valence electrons. The second-order valence-electron chi connectivity index (χ2n) is 8.30. The lowest BCUT2D eigenvalue weighted by atomic mass is 9.97. The fourth-order valence-corrected chi connectivity index (χ4v) is 3.39. The predicted octanol–water partition coefficient (Wildman–Crippen LogP) is 3.80. The van der Waals surface area contributed by atoms with Crippen molar-refractivity contribution < 1.29 is 9.59 Å². The standard InChI is InChI=1S/C21H31N3O2/c1-14(2)12-20(25)22-17-6-7-19(24-10-8-15(3)9-11-24)18(13-17)21(26)23-16-4-5-16/h6-7,13-16H,4-5,8-12H2,1-3H3,(H,22,25)(H,23,26). The van der Waals surface area contributed by atoms with Crippen molar-refractivity contribution in [2.24, 2.45) is 11.8 Å². The number of carbonyl (C=O) groups is 2. The first-order valence-electron chi connectivity index (χ1n) is 9.92. The van der Waals surface area contributed by atoms with Gasteiger partial charge in [-0.15, -0.1) is 0 Å². The number of nitrogens with one attached hydrogen (secondary N) is 2. The number of hydrogen-bond acceptors (Lipinski definition) is 3. The Kier molecular flexibility index (Phi) is 5.84. The Labute approximate surface area is 156 Å². The molecule has 2 N–H and O–H groups in total. The summed E-state index contributed by atoms with van der Waals surface area (Å²) in [5, 5.41) is 6.03. The van der Waals surface area contributed by atoms with E-state index in [4.69, 9.17) is 0 Å². The van der Waals surface area contributed by atoms with Crippen LogP contribution in [0.4, 0.5) is 11.4 Å². The van der Waals surface area contributed by atoms with Gasteiger partial charge in [-0.2, -0.15) is 0 Å². The summed E-state index contributed by atoms with van der Waals surface area (Å²) < 4.78 is 0. The highest BCUT2D eigenvalue weighted by Crippen LogP contribution is 2.30. The molecule has 1 heterocycles. The quantitative estimate of drug-likeness (QED) is 0.814. The Balaban J connectivity index is 1.80. The highest BCUT2D eigenvalue weighted by molar-refractivity contribution is 6.02. The highest BCUT2D eigenvalue weighted by atomic mass is 16.2. The van der Waals surface area contributed by atoms with Gasteiger partial charge in [0.1, 0.15) is 0 Å². The molecule has 1 saturated carbocycles. The molecule has 1 aromatic carbocycles. The van der Waals surface area contributed by atoms with E-state index in [1.807, 2.05) is 32.0 Å². The van der Waals surface area contributed by atoms with Crippen molar-refractivity contribution in [3.8, 4) is 0 Å². The number of nitrogens with zero attached hydrogens (tertiary/aromatic N) is 1. The van der Waals surface area contributed by atoms with E-state index in [2.05, 4.69) is 22.5 Å². The molecule has 3 rings (SSSR count). The molecule has 0 bridgehead atoms. The van der Waals surface area contributed by atoms with Gasteiger partial charge >= 0.3 is 0 Å². The Morgan fingerprint density at radius 1 is 1.15 bits per heavy atom. The van der Waals surface area contributed by atoms with Crippen molar-refractivity contribution in [2.45, 2.75) is 58.9 Å². The number of carbonyl (C=O) groups excluding carboxylic acids is 2. The van der Waals surface area contributed by atoms with Crippen molar-refractivity contribution in [2.75, 3.05) is 23.3 Å². The van der Waals surface area contributed by atoms with Crippen LogP contribution in [0.1, 0.15) is 63.2 Å². The van der Waals surface area contributed by atoms with Crippen molar-refractivity contribution in [3.63, 3.8) is 0 Å². The molecule has 0 atom stereocenters.